The van der Waals surface area contributed by atoms with Crippen LogP contribution in [0, 0.1) is 0 Å². The van der Waals surface area contributed by atoms with Gasteiger partial charge >= 0.3 is 0 Å². The van der Waals surface area contributed by atoms with E-state index in [9.17, 15) is 107 Å². The molecule has 0 unspecified atom stereocenters. The first-order chi connectivity index (χ1) is 36.7. The Morgan fingerprint density at radius 1 is 0.156 bits per heavy atom. The van der Waals surface area contributed by atoms with Gasteiger partial charge in [-0.15, -0.1) is 0 Å². The minimum Gasteiger partial charge on any atom is -0.394 e. The van der Waals surface area contributed by atoms with Gasteiger partial charge in [-0.25, -0.2) is 0 Å². The van der Waals surface area contributed by atoms with Gasteiger partial charge in [-0.3, -0.25) is 0 Å². The van der Waals surface area contributed by atoms with Gasteiger partial charge < -0.3 is 174 Å². The highest BCUT2D eigenvalue weighted by Crippen LogP contribution is 2.39. The minimum atomic E-state index is -2.21. The Bertz CT molecular complexity index is 1470. The van der Waals surface area contributed by atoms with Crippen LogP contribution in [0.3, 0.4) is 0 Å². The van der Waals surface area contributed by atoms with E-state index in [4.69, 9.17) is 66.3 Å². The number of rotatable bonds is 7. The first kappa shape index (κ1) is 61.7. The fourth-order valence-corrected chi connectivity index (χ4v) is 10.4. The Morgan fingerprint density at radius 2 is 0.260 bits per heavy atom. The van der Waals surface area contributed by atoms with Gasteiger partial charge in [0.05, 0.1) is 46.2 Å². The molecule has 0 amide bonds. The molecule has 77 heavy (non-hydrogen) atoms. The molecule has 21 heterocycles. The number of aliphatic hydroxyl groups is 21. The second-order valence-electron chi connectivity index (χ2n) is 19.7. The number of hydrogen-bond donors (Lipinski definition) is 21. The van der Waals surface area contributed by atoms with Crippen LogP contribution in [0.15, 0.2) is 0 Å². The Labute approximate surface area is 434 Å². The topological polar surface area (TPSA) is 554 Å². The highest BCUT2D eigenvalue weighted by Gasteiger charge is 2.59. The van der Waals surface area contributed by atoms with E-state index < -0.39 is 261 Å². The van der Waals surface area contributed by atoms with E-state index in [1.54, 1.807) is 0 Å². The van der Waals surface area contributed by atoms with Crippen molar-refractivity contribution >= 4 is 0 Å². The Balaban J connectivity index is 1.08. The van der Waals surface area contributed by atoms with Gasteiger partial charge in [-0.05, 0) is 0 Å². The van der Waals surface area contributed by atoms with Crippen molar-refractivity contribution in [3.05, 3.63) is 0 Å². The maximum atomic E-state index is 11.3. The van der Waals surface area contributed by atoms with Crippen LogP contribution in [0.2, 0.25) is 0 Å². The molecule has 21 fully saturated rings. The summed E-state index contributed by atoms with van der Waals surface area (Å²) in [5, 5.41) is 230. The zero-order valence-corrected chi connectivity index (χ0v) is 40.3. The Kier molecular flexibility index (Phi) is 20.8. The molecular weight excluding hydrogens is 1060 g/mol. The van der Waals surface area contributed by atoms with Crippen molar-refractivity contribution in [3.63, 3.8) is 0 Å². The van der Waals surface area contributed by atoms with Crippen LogP contribution in [0.25, 0.3) is 0 Å². The second kappa shape index (κ2) is 26.0. The molecule has 0 saturated carbocycles. The summed E-state index contributed by atoms with van der Waals surface area (Å²) in [6, 6.07) is 0. The molecule has 0 radical (unpaired) electrons. The second-order valence-corrected chi connectivity index (χ2v) is 19.7. The number of aliphatic hydroxyl groups excluding tert-OH is 21. The van der Waals surface area contributed by atoms with Crippen LogP contribution >= 0.6 is 0 Å². The molecule has 35 heteroatoms. The fourth-order valence-electron chi connectivity index (χ4n) is 10.4. The molecule has 35 nitrogen and oxygen atoms in total. The summed E-state index contributed by atoms with van der Waals surface area (Å²) in [6.45, 7) is -7.33. The Hall–Kier alpha value is -1.40. The highest BCUT2D eigenvalue weighted by molar-refractivity contribution is 5.01. The lowest BCUT2D eigenvalue weighted by atomic mass is 9.95. The van der Waals surface area contributed by atoms with Crippen molar-refractivity contribution in [1.82, 2.24) is 0 Å². The highest BCUT2D eigenvalue weighted by atomic mass is 16.8. The van der Waals surface area contributed by atoms with E-state index in [2.05, 4.69) is 0 Å². The van der Waals surface area contributed by atoms with Crippen molar-refractivity contribution in [2.75, 3.05) is 46.2 Å². The van der Waals surface area contributed by atoms with Crippen LogP contribution in [0.4, 0.5) is 0 Å². The molecule has 21 saturated heterocycles. The average molecular weight is 1130 g/mol. The third-order valence-corrected chi connectivity index (χ3v) is 14.8. The van der Waals surface area contributed by atoms with Crippen molar-refractivity contribution in [1.29, 1.82) is 0 Å². The van der Waals surface area contributed by atoms with Gasteiger partial charge in [0.2, 0.25) is 0 Å². The summed E-state index contributed by atoms with van der Waals surface area (Å²) in [5.74, 6) is 0. The standard InChI is InChI=1S/C42H70O35/c43-1-8-29-15(50)22(57)36(64-8)72-30-9(2-44)66-38(24(59)17(30)52)74-32-11(4-46)68-40(26(61)19(32)54)76-34-13(6-48)70-42(28(63)21(34)56)77-35-14(7-49)69-41(27(62)20(35)55)75-33-12(5-47)67-39(25(60)18(33)53)73-31-10(3-45)65-37(71-29)23(58)16(31)51/h8-63H,1-7H2/t8-,9-,10-,11-,12-,13-,14-,15+,16+,17+,18+,19+,20+,21+,22+,23+,24+,25+,26+,27+,28+,29+,30+,31+,32+,33+,34+,35+,36+,37+,38+,39+,40+,41+,42+/m1/s1. The van der Waals surface area contributed by atoms with Crippen LogP contribution in [0.5, 0.6) is 0 Å². The van der Waals surface area contributed by atoms with Crippen molar-refractivity contribution < 1.29 is 174 Å². The van der Waals surface area contributed by atoms with E-state index in [0.29, 0.717) is 0 Å². The monoisotopic (exact) mass is 1130 g/mol. The maximum Gasteiger partial charge on any atom is 0.187 e. The van der Waals surface area contributed by atoms with Gasteiger partial charge in [0.1, 0.15) is 171 Å². The van der Waals surface area contributed by atoms with E-state index in [1.165, 1.54) is 0 Å². The smallest absolute Gasteiger partial charge is 0.187 e. The lowest BCUT2D eigenvalue weighted by Crippen LogP contribution is -2.68. The van der Waals surface area contributed by atoms with Gasteiger partial charge in [-0.1, -0.05) is 0 Å². The third kappa shape index (κ3) is 12.1. The van der Waals surface area contributed by atoms with E-state index >= 15 is 0 Å². The molecule has 21 rings (SSSR count). The molecule has 21 N–H and O–H groups in total. The molecule has 35 atom stereocenters. The summed E-state index contributed by atoms with van der Waals surface area (Å²) in [5.41, 5.74) is 0. The van der Waals surface area contributed by atoms with Gasteiger partial charge in [0.15, 0.2) is 44.0 Å². The van der Waals surface area contributed by atoms with Crippen molar-refractivity contribution in [3.8, 4) is 0 Å². The average Bonchev–Trinajstić information content (AvgIpc) is 3.45. The SMILES string of the molecule is OC[C@H]1O[C@H]2O[C@@H]3[C@@H](O)[C@H](O)[C@H](O[C@@H]4[C@@H](O)[C@H](O)[C@H](O[C@@H]5[C@@H](O)[C@H](O)[C@H](O[C@@H]6[C@@H](O)[C@H](O)[C@H](O[C@@H]7[C@@H](O)[C@H](O)[C@H](O[C@@H]8[C@@H](O)[C@H](O)[C@H](O[C@@H]1[C@@H](O)[C@@H]2O)O[C@@H]8CO)O[C@@H]7CO)O[C@@H]6CO)O[C@@H]5CO)O[C@@H]4CO)O[C@@H]3CO. The summed E-state index contributed by atoms with van der Waals surface area (Å²) in [7, 11) is 0. The van der Waals surface area contributed by atoms with Crippen LogP contribution in [-0.4, -0.2) is 368 Å². The van der Waals surface area contributed by atoms with Crippen molar-refractivity contribution in [2.45, 2.75) is 215 Å². The molecule has 448 valence electrons. The van der Waals surface area contributed by atoms with Crippen LogP contribution < -0.4 is 0 Å². The summed E-state index contributed by atoms with van der Waals surface area (Å²) in [6.07, 6.45) is -70.2. The van der Waals surface area contributed by atoms with Gasteiger partial charge in [0.25, 0.3) is 0 Å². The first-order valence-electron chi connectivity index (χ1n) is 24.6. The lowest BCUT2D eigenvalue weighted by Gasteiger charge is -2.50. The fraction of sp³-hybridized carbons (Fsp3) is 1.00. The summed E-state index contributed by atoms with van der Waals surface area (Å²) < 4.78 is 79.5. The van der Waals surface area contributed by atoms with Crippen molar-refractivity contribution in [2.24, 2.45) is 0 Å². The van der Waals surface area contributed by atoms with Crippen LogP contribution in [-0.2, 0) is 66.3 Å². The first-order valence-corrected chi connectivity index (χ1v) is 24.6. The maximum absolute atomic E-state index is 11.3. The lowest BCUT2D eigenvalue weighted by molar-refractivity contribution is -0.396. The minimum absolute atomic E-state index is 1.05. The summed E-state index contributed by atoms with van der Waals surface area (Å²) in [4.78, 5) is 0. The normalized spacial score (nSPS) is 55.4. The van der Waals surface area contributed by atoms with Crippen LogP contribution in [0.1, 0.15) is 0 Å². The van der Waals surface area contributed by atoms with Gasteiger partial charge in [-0.2, -0.15) is 0 Å². The molecule has 14 bridgehead atoms. The predicted octanol–water partition coefficient (Wildman–Crippen LogP) is -15.2. The van der Waals surface area contributed by atoms with E-state index in [-0.39, 0.29) is 0 Å². The van der Waals surface area contributed by atoms with Gasteiger partial charge in [0, 0.05) is 0 Å². The largest absolute Gasteiger partial charge is 0.394 e. The molecule has 0 aliphatic carbocycles. The molecule has 21 aliphatic rings. The predicted molar refractivity (Wildman–Crippen MR) is 228 cm³/mol. The van der Waals surface area contributed by atoms with E-state index in [0.717, 1.165) is 0 Å². The number of hydrogen-bond acceptors (Lipinski definition) is 35. The quantitative estimate of drug-likeness (QED) is 0.113. The zero-order chi connectivity index (χ0) is 56.1. The molecular formula is C42H70O35. The van der Waals surface area contributed by atoms with E-state index in [1.807, 2.05) is 0 Å². The molecule has 0 aromatic heterocycles. The summed E-state index contributed by atoms with van der Waals surface area (Å²) >= 11 is 0. The Morgan fingerprint density at radius 3 is 0.351 bits per heavy atom. The zero-order valence-electron chi connectivity index (χ0n) is 40.3. The molecule has 0 spiro atoms. The molecule has 0 aromatic carbocycles. The number of ether oxygens (including phenoxy) is 14. The third-order valence-electron chi connectivity index (χ3n) is 14.8. The molecule has 21 aliphatic heterocycles. The molecule has 0 aromatic rings.